The summed E-state index contributed by atoms with van der Waals surface area (Å²) in [5, 5.41) is 18.4. The van der Waals surface area contributed by atoms with Crippen LogP contribution in [0.4, 0.5) is 0 Å². The molecule has 1 aromatic carbocycles. The van der Waals surface area contributed by atoms with Crippen molar-refractivity contribution in [1.29, 1.82) is 0 Å². The molecule has 1 atom stereocenters. The van der Waals surface area contributed by atoms with Gasteiger partial charge in [0.05, 0.1) is 6.61 Å². The Kier molecular flexibility index (Phi) is 5.85. The molecule has 0 aliphatic carbocycles. The first-order chi connectivity index (χ1) is 7.72. The van der Waals surface area contributed by atoms with E-state index in [1.165, 1.54) is 0 Å². The van der Waals surface area contributed by atoms with E-state index in [1.807, 2.05) is 42.3 Å². The minimum atomic E-state index is -0.545. The van der Waals surface area contributed by atoms with E-state index in [2.05, 4.69) is 0 Å². The van der Waals surface area contributed by atoms with Gasteiger partial charge in [0.25, 0.3) is 0 Å². The number of aliphatic hydroxyl groups is 2. The third-order valence-electron chi connectivity index (χ3n) is 2.19. The Morgan fingerprint density at radius 1 is 1.31 bits per heavy atom. The lowest BCUT2D eigenvalue weighted by Gasteiger charge is -2.19. The number of aliphatic hydroxyl groups excluding tert-OH is 2. The molecule has 0 saturated heterocycles. The van der Waals surface area contributed by atoms with E-state index in [1.54, 1.807) is 0 Å². The summed E-state index contributed by atoms with van der Waals surface area (Å²) >= 11 is 0. The summed E-state index contributed by atoms with van der Waals surface area (Å²) in [7, 11) is 1.85. The fourth-order valence-corrected chi connectivity index (χ4v) is 1.38. The van der Waals surface area contributed by atoms with Crippen molar-refractivity contribution < 1.29 is 14.9 Å². The highest BCUT2D eigenvalue weighted by atomic mass is 16.5. The van der Waals surface area contributed by atoms with Gasteiger partial charge in [0.2, 0.25) is 0 Å². The SMILES string of the molecule is CN(CCO)C[C@@H](O)COc1ccccc1. The van der Waals surface area contributed by atoms with E-state index in [0.717, 1.165) is 5.75 Å². The van der Waals surface area contributed by atoms with E-state index in [9.17, 15) is 5.11 Å². The van der Waals surface area contributed by atoms with Gasteiger partial charge in [-0.05, 0) is 19.2 Å². The molecular weight excluding hydrogens is 206 g/mol. The number of benzene rings is 1. The Labute approximate surface area is 96.1 Å². The zero-order valence-corrected chi connectivity index (χ0v) is 9.54. The zero-order chi connectivity index (χ0) is 11.8. The molecule has 1 aromatic rings. The van der Waals surface area contributed by atoms with Crippen LogP contribution in [-0.4, -0.2) is 54.6 Å². The van der Waals surface area contributed by atoms with Crippen LogP contribution >= 0.6 is 0 Å². The topological polar surface area (TPSA) is 52.9 Å². The molecule has 0 aliphatic rings. The van der Waals surface area contributed by atoms with Gasteiger partial charge >= 0.3 is 0 Å². The van der Waals surface area contributed by atoms with Crippen LogP contribution in [0.1, 0.15) is 0 Å². The Morgan fingerprint density at radius 3 is 2.62 bits per heavy atom. The number of ether oxygens (including phenoxy) is 1. The second-order valence-corrected chi connectivity index (χ2v) is 3.76. The summed E-state index contributed by atoms with van der Waals surface area (Å²) in [4.78, 5) is 1.86. The van der Waals surface area contributed by atoms with E-state index in [4.69, 9.17) is 9.84 Å². The van der Waals surface area contributed by atoms with Crippen LogP contribution in [0, 0.1) is 0 Å². The molecule has 1 rings (SSSR count). The lowest BCUT2D eigenvalue weighted by Crippen LogP contribution is -2.34. The fourth-order valence-electron chi connectivity index (χ4n) is 1.38. The molecule has 16 heavy (non-hydrogen) atoms. The second kappa shape index (κ2) is 7.22. The molecule has 90 valence electrons. The maximum absolute atomic E-state index is 9.66. The molecule has 0 saturated carbocycles. The van der Waals surface area contributed by atoms with E-state index in [-0.39, 0.29) is 13.2 Å². The Hall–Kier alpha value is -1.10. The molecule has 2 N–H and O–H groups in total. The first-order valence-corrected chi connectivity index (χ1v) is 5.37. The highest BCUT2D eigenvalue weighted by Crippen LogP contribution is 2.08. The van der Waals surface area contributed by atoms with Gasteiger partial charge in [-0.2, -0.15) is 0 Å². The van der Waals surface area contributed by atoms with Crippen LogP contribution in [0.5, 0.6) is 5.75 Å². The lowest BCUT2D eigenvalue weighted by molar-refractivity contribution is 0.0711. The van der Waals surface area contributed by atoms with Crippen molar-refractivity contribution in [3.63, 3.8) is 0 Å². The van der Waals surface area contributed by atoms with Crippen molar-refractivity contribution in [1.82, 2.24) is 4.90 Å². The highest BCUT2D eigenvalue weighted by Gasteiger charge is 2.08. The van der Waals surface area contributed by atoms with Gasteiger partial charge in [-0.25, -0.2) is 0 Å². The van der Waals surface area contributed by atoms with Gasteiger partial charge in [0.1, 0.15) is 18.5 Å². The number of likely N-dealkylation sites (N-methyl/N-ethyl adjacent to an activating group) is 1. The maximum atomic E-state index is 9.66. The van der Waals surface area contributed by atoms with Crippen molar-refractivity contribution in [3.05, 3.63) is 30.3 Å². The van der Waals surface area contributed by atoms with E-state index >= 15 is 0 Å². The van der Waals surface area contributed by atoms with Gasteiger partial charge in [-0.1, -0.05) is 18.2 Å². The molecule has 4 nitrogen and oxygen atoms in total. The van der Waals surface area contributed by atoms with Gasteiger partial charge in [0, 0.05) is 13.1 Å². The summed E-state index contributed by atoms with van der Waals surface area (Å²) in [6, 6.07) is 9.39. The lowest BCUT2D eigenvalue weighted by atomic mass is 10.3. The molecule has 0 radical (unpaired) electrons. The van der Waals surface area contributed by atoms with Crippen LogP contribution in [0.25, 0.3) is 0 Å². The summed E-state index contributed by atoms with van der Waals surface area (Å²) < 4.78 is 5.41. The van der Waals surface area contributed by atoms with E-state index < -0.39 is 6.10 Å². The molecular formula is C12H19NO3. The largest absolute Gasteiger partial charge is 0.491 e. The minimum absolute atomic E-state index is 0.1000. The predicted octanol–water partition coefficient (Wildman–Crippen LogP) is 0.350. The molecule has 0 unspecified atom stereocenters. The Morgan fingerprint density at radius 2 is 2.00 bits per heavy atom. The van der Waals surface area contributed by atoms with Crippen LogP contribution in [0.3, 0.4) is 0 Å². The first-order valence-electron chi connectivity index (χ1n) is 5.37. The minimum Gasteiger partial charge on any atom is -0.491 e. The summed E-state index contributed by atoms with van der Waals surface area (Å²) in [5.41, 5.74) is 0. The molecule has 0 aliphatic heterocycles. The van der Waals surface area contributed by atoms with Crippen LogP contribution in [-0.2, 0) is 0 Å². The zero-order valence-electron chi connectivity index (χ0n) is 9.54. The smallest absolute Gasteiger partial charge is 0.119 e. The highest BCUT2D eigenvalue weighted by molar-refractivity contribution is 5.20. The van der Waals surface area contributed by atoms with Crippen molar-refractivity contribution in [2.75, 3.05) is 33.4 Å². The number of hydrogen-bond donors (Lipinski definition) is 2. The first kappa shape index (κ1) is 13.0. The second-order valence-electron chi connectivity index (χ2n) is 3.76. The Balaban J connectivity index is 2.22. The van der Waals surface area contributed by atoms with Crippen LogP contribution in [0.15, 0.2) is 30.3 Å². The van der Waals surface area contributed by atoms with Crippen molar-refractivity contribution in [3.8, 4) is 5.75 Å². The normalized spacial score (nSPS) is 12.8. The third kappa shape index (κ3) is 5.11. The average Bonchev–Trinajstić information content (AvgIpc) is 2.28. The fraction of sp³-hybridized carbons (Fsp3) is 0.500. The van der Waals surface area contributed by atoms with Crippen LogP contribution in [0.2, 0.25) is 0 Å². The molecule has 0 fully saturated rings. The predicted molar refractivity (Wildman–Crippen MR) is 62.5 cm³/mol. The van der Waals surface area contributed by atoms with Crippen LogP contribution < -0.4 is 4.74 Å². The maximum Gasteiger partial charge on any atom is 0.119 e. The number of hydrogen-bond acceptors (Lipinski definition) is 4. The van der Waals surface area contributed by atoms with Gasteiger partial charge in [0.15, 0.2) is 0 Å². The van der Waals surface area contributed by atoms with Gasteiger partial charge < -0.3 is 19.8 Å². The van der Waals surface area contributed by atoms with Gasteiger partial charge in [-0.15, -0.1) is 0 Å². The Bertz CT molecular complexity index is 279. The van der Waals surface area contributed by atoms with Crippen molar-refractivity contribution in [2.45, 2.75) is 6.10 Å². The number of para-hydroxylation sites is 1. The molecule has 0 aromatic heterocycles. The van der Waals surface area contributed by atoms with Crippen molar-refractivity contribution in [2.24, 2.45) is 0 Å². The summed E-state index contributed by atoms with van der Waals surface area (Å²) in [6.07, 6.45) is -0.545. The quantitative estimate of drug-likeness (QED) is 0.703. The molecule has 0 amide bonds. The molecule has 4 heteroatoms. The van der Waals surface area contributed by atoms with E-state index in [0.29, 0.717) is 13.1 Å². The molecule has 0 heterocycles. The number of rotatable bonds is 7. The average molecular weight is 225 g/mol. The number of nitrogens with zero attached hydrogens (tertiary/aromatic N) is 1. The third-order valence-corrected chi connectivity index (χ3v) is 2.19. The standard InChI is InChI=1S/C12H19NO3/c1-13(7-8-14)9-11(15)10-16-12-5-3-2-4-6-12/h2-6,11,14-15H,7-10H2,1H3/t11-/m1/s1. The monoisotopic (exact) mass is 225 g/mol. The molecule has 0 bridgehead atoms. The summed E-state index contributed by atoms with van der Waals surface area (Å²) in [5.74, 6) is 0.756. The molecule has 0 spiro atoms. The van der Waals surface area contributed by atoms with Crippen molar-refractivity contribution >= 4 is 0 Å². The van der Waals surface area contributed by atoms with Gasteiger partial charge in [-0.3, -0.25) is 0 Å². The summed E-state index contributed by atoms with van der Waals surface area (Å²) in [6.45, 7) is 1.42.